The van der Waals surface area contributed by atoms with Crippen molar-refractivity contribution in [1.82, 2.24) is 5.43 Å². The Morgan fingerprint density at radius 2 is 2.25 bits per heavy atom. The van der Waals surface area contributed by atoms with Crippen LogP contribution in [0.1, 0.15) is 0 Å². The summed E-state index contributed by atoms with van der Waals surface area (Å²) in [4.78, 5) is 0. The summed E-state index contributed by atoms with van der Waals surface area (Å²) in [5.41, 5.74) is 2.68. The van der Waals surface area contributed by atoms with Gasteiger partial charge in [-0.1, -0.05) is 11.6 Å². The number of rotatable bonds is 3. The Hall–Kier alpha value is -0.840. The molecule has 0 unspecified atom stereocenters. The fourth-order valence-electron chi connectivity index (χ4n) is 0.779. The number of anilines is 1. The summed E-state index contributed by atoms with van der Waals surface area (Å²) in [6.07, 6.45) is 0. The summed E-state index contributed by atoms with van der Waals surface area (Å²) in [5.74, 6) is 4.64. The van der Waals surface area contributed by atoms with Crippen LogP contribution >= 0.6 is 11.6 Å². The highest BCUT2D eigenvalue weighted by molar-refractivity contribution is 6.30. The first kappa shape index (κ1) is 9.25. The van der Waals surface area contributed by atoms with Gasteiger partial charge in [-0.05, 0) is 18.2 Å². The van der Waals surface area contributed by atoms with E-state index < -0.39 is 0 Å². The van der Waals surface area contributed by atoms with Crippen molar-refractivity contribution in [2.45, 2.75) is 0 Å². The van der Waals surface area contributed by atoms with E-state index in [1.807, 2.05) is 0 Å². The Balaban J connectivity index is 2.75. The van der Waals surface area contributed by atoms with Crippen LogP contribution in [0.25, 0.3) is 0 Å². The zero-order chi connectivity index (χ0) is 8.97. The maximum Gasteiger partial charge on any atom is 0.146 e. The maximum absolute atomic E-state index is 12.9. The van der Waals surface area contributed by atoms with Crippen LogP contribution in [0.4, 0.5) is 10.1 Å². The molecule has 66 valence electrons. The fraction of sp³-hybridized carbons (Fsp3) is 0.143. The predicted molar refractivity (Wildman–Crippen MR) is 47.2 cm³/mol. The van der Waals surface area contributed by atoms with Crippen LogP contribution in [0.5, 0.6) is 0 Å². The van der Waals surface area contributed by atoms with Gasteiger partial charge in [-0.2, -0.15) is 0 Å². The molecule has 3 nitrogen and oxygen atoms in total. The highest BCUT2D eigenvalue weighted by Crippen LogP contribution is 2.18. The Kier molecular flexibility index (Phi) is 3.28. The van der Waals surface area contributed by atoms with Gasteiger partial charge in [0.25, 0.3) is 0 Å². The van der Waals surface area contributed by atoms with Crippen molar-refractivity contribution < 1.29 is 4.39 Å². The summed E-state index contributed by atoms with van der Waals surface area (Å²) in [6.45, 7) is 0.289. The SMILES string of the molecule is NNCNc1cc(Cl)ccc1F. The van der Waals surface area contributed by atoms with Crippen molar-refractivity contribution in [2.75, 3.05) is 12.0 Å². The third kappa shape index (κ3) is 2.34. The molecule has 0 radical (unpaired) electrons. The molecular weight excluding hydrogens is 181 g/mol. The molecule has 1 aromatic rings. The van der Waals surface area contributed by atoms with Gasteiger partial charge in [0.2, 0.25) is 0 Å². The number of hydrazine groups is 1. The van der Waals surface area contributed by atoms with Crippen LogP contribution in [0.2, 0.25) is 5.02 Å². The van der Waals surface area contributed by atoms with E-state index in [0.717, 1.165) is 0 Å². The lowest BCUT2D eigenvalue weighted by atomic mass is 10.3. The van der Waals surface area contributed by atoms with Gasteiger partial charge >= 0.3 is 0 Å². The van der Waals surface area contributed by atoms with Crippen LogP contribution < -0.4 is 16.6 Å². The summed E-state index contributed by atoms with van der Waals surface area (Å²) < 4.78 is 12.9. The second-order valence-corrected chi connectivity index (χ2v) is 2.62. The molecule has 0 amide bonds. The molecule has 0 spiro atoms. The summed E-state index contributed by atoms with van der Waals surface area (Å²) >= 11 is 5.64. The van der Waals surface area contributed by atoms with E-state index in [1.54, 1.807) is 0 Å². The smallest absolute Gasteiger partial charge is 0.146 e. The van der Waals surface area contributed by atoms with E-state index in [1.165, 1.54) is 18.2 Å². The molecule has 0 saturated carbocycles. The molecule has 0 aliphatic carbocycles. The van der Waals surface area contributed by atoms with Crippen molar-refractivity contribution in [3.8, 4) is 0 Å². The van der Waals surface area contributed by atoms with Crippen molar-refractivity contribution >= 4 is 17.3 Å². The van der Waals surface area contributed by atoms with Crippen LogP contribution in [-0.2, 0) is 0 Å². The summed E-state index contributed by atoms with van der Waals surface area (Å²) in [5, 5.41) is 3.19. The Morgan fingerprint density at radius 3 is 2.92 bits per heavy atom. The second-order valence-electron chi connectivity index (χ2n) is 2.18. The monoisotopic (exact) mass is 189 g/mol. The summed E-state index contributed by atoms with van der Waals surface area (Å²) in [7, 11) is 0. The van der Waals surface area contributed by atoms with E-state index in [9.17, 15) is 4.39 Å². The lowest BCUT2D eigenvalue weighted by Gasteiger charge is -2.06. The van der Waals surface area contributed by atoms with E-state index >= 15 is 0 Å². The number of hydrogen-bond acceptors (Lipinski definition) is 3. The highest BCUT2D eigenvalue weighted by Gasteiger charge is 2.00. The van der Waals surface area contributed by atoms with Crippen LogP contribution in [0.15, 0.2) is 18.2 Å². The normalized spacial score (nSPS) is 9.92. The first-order valence-electron chi connectivity index (χ1n) is 3.36. The summed E-state index contributed by atoms with van der Waals surface area (Å²) in [6, 6.07) is 4.27. The quantitative estimate of drug-likeness (QED) is 0.382. The molecule has 0 aromatic heterocycles. The van der Waals surface area contributed by atoms with Crippen molar-refractivity contribution in [1.29, 1.82) is 0 Å². The third-order valence-electron chi connectivity index (χ3n) is 1.31. The van der Waals surface area contributed by atoms with Gasteiger partial charge in [0.15, 0.2) is 0 Å². The Labute approximate surface area is 74.7 Å². The molecule has 1 rings (SSSR count). The molecule has 5 heteroatoms. The Bertz CT molecular complexity index is 267. The first-order valence-corrected chi connectivity index (χ1v) is 3.74. The van der Waals surface area contributed by atoms with Gasteiger partial charge in [-0.3, -0.25) is 5.84 Å². The standard InChI is InChI=1S/C7H9ClFN3/c8-5-1-2-6(9)7(3-5)11-4-12-10/h1-3,11-12H,4,10H2. The number of halogens is 2. The molecule has 1 aromatic carbocycles. The number of nitrogens with two attached hydrogens (primary N) is 1. The van der Waals surface area contributed by atoms with E-state index in [-0.39, 0.29) is 12.5 Å². The number of nitrogens with one attached hydrogen (secondary N) is 2. The van der Waals surface area contributed by atoms with E-state index in [0.29, 0.717) is 10.7 Å². The molecule has 0 fully saturated rings. The van der Waals surface area contributed by atoms with Gasteiger partial charge in [0.05, 0.1) is 12.4 Å². The maximum atomic E-state index is 12.9. The zero-order valence-corrected chi connectivity index (χ0v) is 7.03. The molecule has 4 N–H and O–H groups in total. The van der Waals surface area contributed by atoms with Crippen molar-refractivity contribution in [2.24, 2.45) is 5.84 Å². The fourth-order valence-corrected chi connectivity index (χ4v) is 0.951. The van der Waals surface area contributed by atoms with Gasteiger partial charge in [-0.15, -0.1) is 0 Å². The first-order chi connectivity index (χ1) is 5.74. The van der Waals surface area contributed by atoms with E-state index in [2.05, 4.69) is 10.7 Å². The molecule has 0 atom stereocenters. The molecule has 0 aliphatic rings. The Morgan fingerprint density at radius 1 is 1.50 bits per heavy atom. The van der Waals surface area contributed by atoms with Crippen LogP contribution in [0, 0.1) is 5.82 Å². The van der Waals surface area contributed by atoms with Crippen LogP contribution in [0.3, 0.4) is 0 Å². The minimum absolute atomic E-state index is 0.289. The minimum atomic E-state index is -0.352. The average Bonchev–Trinajstić information content (AvgIpc) is 2.07. The largest absolute Gasteiger partial charge is 0.369 e. The van der Waals surface area contributed by atoms with Crippen molar-refractivity contribution in [3.05, 3.63) is 29.0 Å². The molecular formula is C7H9ClFN3. The van der Waals surface area contributed by atoms with Gasteiger partial charge in [0.1, 0.15) is 5.82 Å². The highest BCUT2D eigenvalue weighted by atomic mass is 35.5. The molecule has 12 heavy (non-hydrogen) atoms. The molecule has 0 heterocycles. The van der Waals surface area contributed by atoms with Crippen molar-refractivity contribution in [3.63, 3.8) is 0 Å². The topological polar surface area (TPSA) is 50.1 Å². The zero-order valence-electron chi connectivity index (χ0n) is 6.27. The minimum Gasteiger partial charge on any atom is -0.369 e. The molecule has 0 saturated heterocycles. The van der Waals surface area contributed by atoms with E-state index in [4.69, 9.17) is 17.4 Å². The number of benzene rings is 1. The second kappa shape index (κ2) is 4.25. The lowest BCUT2D eigenvalue weighted by Crippen LogP contribution is -2.28. The third-order valence-corrected chi connectivity index (χ3v) is 1.54. The predicted octanol–water partition coefficient (Wildman–Crippen LogP) is 1.31. The number of hydrogen-bond donors (Lipinski definition) is 3. The molecule has 0 bridgehead atoms. The average molecular weight is 190 g/mol. The molecule has 0 aliphatic heterocycles. The van der Waals surface area contributed by atoms with Gasteiger partial charge in [0, 0.05) is 5.02 Å². The van der Waals surface area contributed by atoms with Gasteiger partial charge < -0.3 is 5.32 Å². The van der Waals surface area contributed by atoms with Gasteiger partial charge in [-0.25, -0.2) is 9.82 Å². The van der Waals surface area contributed by atoms with Crippen LogP contribution in [-0.4, -0.2) is 6.67 Å². The lowest BCUT2D eigenvalue weighted by molar-refractivity contribution is 0.628.